The van der Waals surface area contributed by atoms with Crippen LogP contribution in [-0.4, -0.2) is 38.0 Å². The van der Waals surface area contributed by atoms with Crippen molar-refractivity contribution in [3.05, 3.63) is 30.1 Å². The van der Waals surface area contributed by atoms with Gasteiger partial charge >= 0.3 is 0 Å². The van der Waals surface area contributed by atoms with Crippen LogP contribution in [0.2, 0.25) is 0 Å². The van der Waals surface area contributed by atoms with Gasteiger partial charge in [0.15, 0.2) is 0 Å². The van der Waals surface area contributed by atoms with Crippen LogP contribution in [0.1, 0.15) is 19.7 Å². The minimum atomic E-state index is -0.988. The first kappa shape index (κ1) is 16.3. The van der Waals surface area contributed by atoms with Gasteiger partial charge in [-0.1, -0.05) is 23.9 Å². The van der Waals surface area contributed by atoms with Crippen molar-refractivity contribution >= 4 is 35.0 Å². The molecule has 24 heavy (non-hydrogen) atoms. The highest BCUT2D eigenvalue weighted by molar-refractivity contribution is 7.99. The normalized spacial score (nSPS) is 15.8. The van der Waals surface area contributed by atoms with Crippen LogP contribution in [0.3, 0.4) is 0 Å². The third kappa shape index (κ3) is 2.60. The van der Waals surface area contributed by atoms with Crippen LogP contribution in [0.25, 0.3) is 0 Å². The van der Waals surface area contributed by atoms with Crippen molar-refractivity contribution in [2.24, 2.45) is 0 Å². The highest BCUT2D eigenvalue weighted by atomic mass is 32.2. The van der Waals surface area contributed by atoms with Gasteiger partial charge in [-0.25, -0.2) is 4.68 Å². The van der Waals surface area contributed by atoms with E-state index in [0.29, 0.717) is 22.4 Å². The average Bonchev–Trinajstić information content (AvgIpc) is 2.85. The lowest BCUT2D eigenvalue weighted by Gasteiger charge is -2.42. The maximum atomic E-state index is 12.8. The van der Waals surface area contributed by atoms with Crippen molar-refractivity contribution in [2.45, 2.75) is 31.5 Å². The van der Waals surface area contributed by atoms with E-state index in [4.69, 9.17) is 5.84 Å². The smallest absolute Gasteiger partial charge is 0.250 e. The van der Waals surface area contributed by atoms with Crippen molar-refractivity contribution < 1.29 is 9.59 Å². The lowest BCUT2D eigenvalue weighted by molar-refractivity contribution is -0.125. The summed E-state index contributed by atoms with van der Waals surface area (Å²) in [5.41, 5.74) is 0.314. The van der Waals surface area contributed by atoms with E-state index in [1.54, 1.807) is 26.8 Å². The molecular formula is C15H18N6O2S. The van der Waals surface area contributed by atoms with Crippen LogP contribution >= 0.6 is 11.8 Å². The minimum absolute atomic E-state index is 0.0976. The number of nitrogens with two attached hydrogens (primary N) is 1. The number of hydrogen-bond donors (Lipinski definition) is 2. The molecule has 8 nitrogen and oxygen atoms in total. The number of nitrogen functional groups attached to an aromatic ring is 1. The molecule has 3 N–H and O–H groups in total. The molecule has 2 aromatic rings. The highest BCUT2D eigenvalue weighted by Gasteiger charge is 2.43. The van der Waals surface area contributed by atoms with Gasteiger partial charge in [-0.05, 0) is 32.9 Å². The fourth-order valence-corrected chi connectivity index (χ4v) is 3.29. The molecule has 0 fully saturated rings. The summed E-state index contributed by atoms with van der Waals surface area (Å²) in [6.45, 7) is 5.17. The van der Waals surface area contributed by atoms with Gasteiger partial charge in [0.2, 0.25) is 17.0 Å². The fraction of sp³-hybridized carbons (Fsp3) is 0.333. The van der Waals surface area contributed by atoms with Gasteiger partial charge < -0.3 is 11.2 Å². The maximum Gasteiger partial charge on any atom is 0.250 e. The maximum absolute atomic E-state index is 12.8. The number of aromatic nitrogens is 3. The number of carbonyl (C=O) groups excluding carboxylic acids is 2. The predicted molar refractivity (Wildman–Crippen MR) is 92.3 cm³/mol. The molecule has 1 aromatic carbocycles. The van der Waals surface area contributed by atoms with Crippen LogP contribution in [0.5, 0.6) is 0 Å². The molecule has 0 saturated carbocycles. The van der Waals surface area contributed by atoms with Crippen molar-refractivity contribution in [1.82, 2.24) is 14.9 Å². The van der Waals surface area contributed by atoms with Crippen molar-refractivity contribution in [2.75, 3.05) is 21.8 Å². The lowest BCUT2D eigenvalue weighted by atomic mass is 9.96. The quantitative estimate of drug-likeness (QED) is 0.638. The van der Waals surface area contributed by atoms with E-state index in [1.807, 2.05) is 18.2 Å². The Kier molecular flexibility index (Phi) is 3.96. The molecule has 0 radical (unpaired) electrons. The molecule has 0 bridgehead atoms. The molecule has 1 aliphatic rings. The molecule has 9 heteroatoms. The summed E-state index contributed by atoms with van der Waals surface area (Å²) in [6.07, 6.45) is 0. The van der Waals surface area contributed by atoms with E-state index in [-0.39, 0.29) is 17.6 Å². The molecule has 0 atom stereocenters. The Labute approximate surface area is 143 Å². The predicted octanol–water partition coefficient (Wildman–Crippen LogP) is 1.16. The summed E-state index contributed by atoms with van der Waals surface area (Å²) in [4.78, 5) is 26.7. The molecule has 1 aromatic heterocycles. The Morgan fingerprint density at radius 2 is 2.04 bits per heavy atom. The monoisotopic (exact) mass is 346 g/mol. The number of fused-ring (bicyclic) bond motifs is 1. The fourth-order valence-electron chi connectivity index (χ4n) is 2.54. The first-order chi connectivity index (χ1) is 11.3. The van der Waals surface area contributed by atoms with E-state index in [0.717, 1.165) is 0 Å². The van der Waals surface area contributed by atoms with Gasteiger partial charge in [0.1, 0.15) is 11.4 Å². The first-order valence-corrected chi connectivity index (χ1v) is 8.34. The zero-order chi connectivity index (χ0) is 17.5. The minimum Gasteiger partial charge on any atom is -0.336 e. The Morgan fingerprint density at radius 1 is 1.33 bits per heavy atom. The number of carbonyl (C=O) groups is 2. The number of nitrogens with zero attached hydrogens (tertiary/aromatic N) is 4. The Bertz CT molecular complexity index is 816. The molecule has 0 unspecified atom stereocenters. The summed E-state index contributed by atoms with van der Waals surface area (Å²) >= 11 is 1.19. The molecule has 3 rings (SSSR count). The van der Waals surface area contributed by atoms with E-state index < -0.39 is 5.54 Å². The second-order valence-corrected chi connectivity index (χ2v) is 6.89. The van der Waals surface area contributed by atoms with Crippen molar-refractivity contribution in [3.63, 3.8) is 0 Å². The summed E-state index contributed by atoms with van der Waals surface area (Å²) in [5.74, 6) is 6.04. The van der Waals surface area contributed by atoms with Crippen LogP contribution in [0.4, 0.5) is 11.4 Å². The lowest BCUT2D eigenvalue weighted by Crippen LogP contribution is -2.59. The second kappa shape index (κ2) is 5.82. The number of benzene rings is 1. The van der Waals surface area contributed by atoms with E-state index >= 15 is 0 Å². The third-order valence-electron chi connectivity index (χ3n) is 3.92. The number of rotatable bonds is 3. The standard InChI is InChI=1S/C15H18N6O2S/c1-9-18-19-14(21(9)16)24-8-12(22)20-11-7-5-4-6-10(11)17-13(23)15(20,2)3/h4-7H,8,16H2,1-3H3,(H,17,23). The molecule has 126 valence electrons. The number of hydrogen-bond acceptors (Lipinski definition) is 6. The number of aryl methyl sites for hydroxylation is 1. The van der Waals surface area contributed by atoms with Gasteiger partial charge in [0, 0.05) is 0 Å². The molecular weight excluding hydrogens is 328 g/mol. The van der Waals surface area contributed by atoms with Gasteiger partial charge in [0.25, 0.3) is 0 Å². The van der Waals surface area contributed by atoms with Crippen molar-refractivity contribution in [3.8, 4) is 0 Å². The van der Waals surface area contributed by atoms with Crippen LogP contribution in [-0.2, 0) is 9.59 Å². The molecule has 0 aliphatic carbocycles. The topological polar surface area (TPSA) is 106 Å². The highest BCUT2D eigenvalue weighted by Crippen LogP contribution is 2.37. The molecule has 0 saturated heterocycles. The van der Waals surface area contributed by atoms with E-state index in [2.05, 4.69) is 15.5 Å². The van der Waals surface area contributed by atoms with Crippen LogP contribution < -0.4 is 16.1 Å². The van der Waals surface area contributed by atoms with E-state index in [9.17, 15) is 9.59 Å². The largest absolute Gasteiger partial charge is 0.336 e. The second-order valence-electron chi connectivity index (χ2n) is 5.95. The SMILES string of the molecule is Cc1nnc(SCC(=O)N2c3ccccc3NC(=O)C2(C)C)n1N. The first-order valence-electron chi connectivity index (χ1n) is 7.36. The van der Waals surface area contributed by atoms with Crippen LogP contribution in [0.15, 0.2) is 29.4 Å². The molecule has 2 heterocycles. The zero-order valence-electron chi connectivity index (χ0n) is 13.6. The third-order valence-corrected chi connectivity index (χ3v) is 4.84. The Hall–Kier alpha value is -2.55. The van der Waals surface area contributed by atoms with Gasteiger partial charge in [-0.15, -0.1) is 10.2 Å². The molecule has 1 aliphatic heterocycles. The van der Waals surface area contributed by atoms with Crippen molar-refractivity contribution in [1.29, 1.82) is 0 Å². The summed E-state index contributed by atoms with van der Waals surface area (Å²) in [7, 11) is 0. The van der Waals surface area contributed by atoms with Gasteiger partial charge in [0.05, 0.1) is 17.1 Å². The average molecular weight is 346 g/mol. The number of para-hydroxylation sites is 2. The Morgan fingerprint density at radius 3 is 2.71 bits per heavy atom. The number of thioether (sulfide) groups is 1. The Balaban J connectivity index is 1.87. The molecule has 2 amide bonds. The van der Waals surface area contributed by atoms with E-state index in [1.165, 1.54) is 21.3 Å². The van der Waals surface area contributed by atoms with Gasteiger partial charge in [-0.2, -0.15) is 0 Å². The summed E-state index contributed by atoms with van der Waals surface area (Å²) < 4.78 is 1.33. The summed E-state index contributed by atoms with van der Waals surface area (Å²) in [6, 6.07) is 7.23. The summed E-state index contributed by atoms with van der Waals surface area (Å²) in [5, 5.41) is 11.1. The number of nitrogens with one attached hydrogen (secondary N) is 1. The number of amides is 2. The zero-order valence-corrected chi connectivity index (χ0v) is 14.4. The van der Waals surface area contributed by atoms with Crippen LogP contribution in [0, 0.1) is 6.92 Å². The van der Waals surface area contributed by atoms with Gasteiger partial charge in [-0.3, -0.25) is 14.5 Å². The molecule has 0 spiro atoms. The number of anilines is 2.